The van der Waals surface area contributed by atoms with Crippen LogP contribution in [0, 0.1) is 0 Å². The van der Waals surface area contributed by atoms with E-state index in [-0.39, 0.29) is 5.75 Å². The van der Waals surface area contributed by atoms with Crippen molar-refractivity contribution in [2.24, 2.45) is 0 Å². The van der Waals surface area contributed by atoms with Crippen LogP contribution < -0.4 is 0 Å². The molecular weight excluding hydrogens is 280 g/mol. The third kappa shape index (κ3) is 2.33. The van der Waals surface area contributed by atoms with Gasteiger partial charge in [-0.3, -0.25) is 4.18 Å². The summed E-state index contributed by atoms with van der Waals surface area (Å²) in [5, 5.41) is 2.10. The molecule has 0 aliphatic heterocycles. The molecule has 3 nitrogen and oxygen atoms in total. The van der Waals surface area contributed by atoms with E-state index in [9.17, 15) is 8.42 Å². The van der Waals surface area contributed by atoms with Gasteiger partial charge in [0.1, 0.15) is 5.75 Å². The first-order valence-corrected chi connectivity index (χ1v) is 8.52. The Morgan fingerprint density at radius 2 is 2.11 bits per heavy atom. The first-order chi connectivity index (χ1) is 9.11. The highest BCUT2D eigenvalue weighted by molar-refractivity contribution is 7.85. The number of fused-ring (bicyclic) bond motifs is 3. The van der Waals surface area contributed by atoms with Crippen LogP contribution >= 0.6 is 11.3 Å². The monoisotopic (exact) mass is 294 g/mol. The minimum absolute atomic E-state index is 0.0482. The minimum atomic E-state index is -3.47. The van der Waals surface area contributed by atoms with Gasteiger partial charge in [0, 0.05) is 4.88 Å². The molecule has 0 atom stereocenters. The van der Waals surface area contributed by atoms with Crippen molar-refractivity contribution in [3.05, 3.63) is 46.3 Å². The van der Waals surface area contributed by atoms with Crippen molar-refractivity contribution < 1.29 is 12.6 Å². The Morgan fingerprint density at radius 1 is 1.26 bits per heavy atom. The van der Waals surface area contributed by atoms with E-state index in [1.54, 1.807) is 11.3 Å². The van der Waals surface area contributed by atoms with Gasteiger partial charge in [-0.25, -0.2) is 0 Å². The molecule has 0 saturated carbocycles. The molecule has 1 aromatic carbocycles. The fourth-order valence-corrected chi connectivity index (χ4v) is 4.33. The molecule has 0 saturated heterocycles. The van der Waals surface area contributed by atoms with Crippen LogP contribution in [0.25, 0.3) is 10.4 Å². The van der Waals surface area contributed by atoms with Crippen molar-refractivity contribution in [1.82, 2.24) is 0 Å². The summed E-state index contributed by atoms with van der Waals surface area (Å²) in [7, 11) is -2.26. The zero-order valence-corrected chi connectivity index (χ0v) is 12.2. The second kappa shape index (κ2) is 4.74. The van der Waals surface area contributed by atoms with Gasteiger partial charge in [-0.05, 0) is 46.5 Å². The molecule has 0 spiro atoms. The Hall–Kier alpha value is -1.17. The van der Waals surface area contributed by atoms with E-state index in [4.69, 9.17) is 0 Å². The number of hydrogen-bond acceptors (Lipinski definition) is 4. The molecule has 1 aromatic heterocycles. The molecule has 1 aliphatic carbocycles. The highest BCUT2D eigenvalue weighted by Crippen LogP contribution is 2.39. The Kier molecular flexibility index (Phi) is 3.20. The largest absolute Gasteiger partial charge is 0.273 e. The molecule has 0 fully saturated rings. The molecule has 0 N–H and O–H groups in total. The van der Waals surface area contributed by atoms with Gasteiger partial charge in [0.2, 0.25) is 0 Å². The predicted octanol–water partition coefficient (Wildman–Crippen LogP) is 2.99. The lowest BCUT2D eigenvalue weighted by Gasteiger charge is -2.19. The highest BCUT2D eigenvalue weighted by atomic mass is 32.2. The summed E-state index contributed by atoms with van der Waals surface area (Å²) >= 11 is 1.72. The van der Waals surface area contributed by atoms with Crippen molar-refractivity contribution in [1.29, 1.82) is 0 Å². The zero-order valence-electron chi connectivity index (χ0n) is 10.5. The van der Waals surface area contributed by atoms with Gasteiger partial charge in [0.05, 0.1) is 7.11 Å². The van der Waals surface area contributed by atoms with Crippen LogP contribution in [0.15, 0.2) is 29.6 Å². The summed E-state index contributed by atoms with van der Waals surface area (Å²) in [6.07, 6.45) is 1.88. The third-order valence-corrected chi connectivity index (χ3v) is 5.66. The summed E-state index contributed by atoms with van der Waals surface area (Å²) in [6, 6.07) is 8.04. The predicted molar refractivity (Wildman–Crippen MR) is 76.8 cm³/mol. The van der Waals surface area contributed by atoms with Crippen molar-refractivity contribution in [3.8, 4) is 10.4 Å². The maximum atomic E-state index is 11.6. The van der Waals surface area contributed by atoms with Crippen LogP contribution in [-0.2, 0) is 32.9 Å². The number of rotatable bonds is 3. The Labute approximate surface area is 117 Å². The van der Waals surface area contributed by atoms with E-state index in [0.717, 1.165) is 24.0 Å². The van der Waals surface area contributed by atoms with Crippen molar-refractivity contribution in [2.45, 2.75) is 18.6 Å². The first kappa shape index (κ1) is 12.8. The Bertz CT molecular complexity index is 714. The molecule has 100 valence electrons. The molecular formula is C14H14O3S2. The highest BCUT2D eigenvalue weighted by Gasteiger charge is 2.21. The fraction of sp³-hybridized carbons (Fsp3) is 0.286. The quantitative estimate of drug-likeness (QED) is 0.817. The van der Waals surface area contributed by atoms with Crippen molar-refractivity contribution >= 4 is 21.5 Å². The van der Waals surface area contributed by atoms with E-state index in [0.29, 0.717) is 0 Å². The van der Waals surface area contributed by atoms with Gasteiger partial charge in [-0.15, -0.1) is 11.3 Å². The third-order valence-electron chi connectivity index (χ3n) is 3.49. The standard InChI is InChI=1S/C14H14O3S2/c1-17-19(15,16)9-11-3-2-4-13-12(11)6-5-10-7-8-18-14(10)13/h2-4,7-8H,5-6,9H2,1H3. The number of hydrogen-bond donors (Lipinski definition) is 0. The fourth-order valence-electron chi connectivity index (χ4n) is 2.56. The molecule has 1 heterocycles. The van der Waals surface area contributed by atoms with Crippen LogP contribution in [0.4, 0.5) is 0 Å². The first-order valence-electron chi connectivity index (χ1n) is 6.06. The Morgan fingerprint density at radius 3 is 2.89 bits per heavy atom. The van der Waals surface area contributed by atoms with Gasteiger partial charge < -0.3 is 0 Å². The molecule has 5 heteroatoms. The lowest BCUT2D eigenvalue weighted by molar-refractivity contribution is 0.397. The molecule has 0 bridgehead atoms. The average Bonchev–Trinajstić information content (AvgIpc) is 2.87. The summed E-state index contributed by atoms with van der Waals surface area (Å²) in [5.74, 6) is -0.0482. The molecule has 3 rings (SSSR count). The van der Waals surface area contributed by atoms with E-state index < -0.39 is 10.1 Å². The SMILES string of the molecule is COS(=O)(=O)Cc1cccc2c1CCc1ccsc1-2. The average molecular weight is 294 g/mol. The van der Waals surface area contributed by atoms with Crippen molar-refractivity contribution in [3.63, 3.8) is 0 Å². The normalized spacial score (nSPS) is 13.9. The molecule has 0 radical (unpaired) electrons. The Balaban J connectivity index is 2.09. The van der Waals surface area contributed by atoms with Crippen LogP contribution in [0.1, 0.15) is 16.7 Å². The maximum absolute atomic E-state index is 11.6. The maximum Gasteiger partial charge on any atom is 0.271 e. The van der Waals surface area contributed by atoms with E-state index in [1.165, 1.54) is 23.1 Å². The number of aryl methyl sites for hydroxylation is 1. The lowest BCUT2D eigenvalue weighted by atomic mass is 9.89. The van der Waals surface area contributed by atoms with Crippen LogP contribution in [0.2, 0.25) is 0 Å². The van der Waals surface area contributed by atoms with Gasteiger partial charge in [-0.1, -0.05) is 18.2 Å². The minimum Gasteiger partial charge on any atom is -0.273 e. The van der Waals surface area contributed by atoms with E-state index >= 15 is 0 Å². The zero-order chi connectivity index (χ0) is 13.5. The second-order valence-corrected chi connectivity index (χ2v) is 7.24. The van der Waals surface area contributed by atoms with Gasteiger partial charge in [0.15, 0.2) is 0 Å². The van der Waals surface area contributed by atoms with Gasteiger partial charge in [-0.2, -0.15) is 8.42 Å². The van der Waals surface area contributed by atoms with Crippen LogP contribution in [0.3, 0.4) is 0 Å². The van der Waals surface area contributed by atoms with Crippen LogP contribution in [0.5, 0.6) is 0 Å². The lowest BCUT2D eigenvalue weighted by Crippen LogP contribution is -2.11. The van der Waals surface area contributed by atoms with E-state index in [2.05, 4.69) is 21.7 Å². The van der Waals surface area contributed by atoms with Gasteiger partial charge >= 0.3 is 0 Å². The van der Waals surface area contributed by atoms with Gasteiger partial charge in [0.25, 0.3) is 10.1 Å². The van der Waals surface area contributed by atoms with Crippen LogP contribution in [-0.4, -0.2) is 15.5 Å². The number of benzene rings is 1. The van der Waals surface area contributed by atoms with E-state index in [1.807, 2.05) is 12.1 Å². The molecule has 19 heavy (non-hydrogen) atoms. The summed E-state index contributed by atoms with van der Waals surface area (Å²) in [5.41, 5.74) is 4.56. The summed E-state index contributed by atoms with van der Waals surface area (Å²) in [4.78, 5) is 1.28. The topological polar surface area (TPSA) is 43.4 Å². The molecule has 0 amide bonds. The summed E-state index contributed by atoms with van der Waals surface area (Å²) in [6.45, 7) is 0. The molecule has 2 aromatic rings. The molecule has 0 unspecified atom stereocenters. The van der Waals surface area contributed by atoms with Crippen molar-refractivity contribution in [2.75, 3.05) is 7.11 Å². The second-order valence-electron chi connectivity index (χ2n) is 4.59. The number of thiophene rings is 1. The summed E-state index contributed by atoms with van der Waals surface area (Å²) < 4.78 is 27.8. The smallest absolute Gasteiger partial charge is 0.271 e. The molecule has 1 aliphatic rings.